The minimum absolute atomic E-state index is 0.0248. The van der Waals surface area contributed by atoms with Crippen molar-refractivity contribution in [3.05, 3.63) is 77.9 Å². The fraction of sp³-hybridized carbons (Fsp3) is 0.344. The molecular formula is C32H36N6O5S. The number of hydrogen-bond donors (Lipinski definition) is 2. The monoisotopic (exact) mass is 616 g/mol. The predicted molar refractivity (Wildman–Crippen MR) is 168 cm³/mol. The van der Waals surface area contributed by atoms with Crippen LogP contribution in [0.1, 0.15) is 35.7 Å². The summed E-state index contributed by atoms with van der Waals surface area (Å²) < 4.78 is 40.8. The Balaban J connectivity index is 1.43. The minimum atomic E-state index is -3.78. The fourth-order valence-corrected chi connectivity index (χ4v) is 7.00. The number of aliphatic hydroxyl groups is 1. The topological polar surface area (TPSA) is 133 Å². The van der Waals surface area contributed by atoms with Gasteiger partial charge in [0.2, 0.25) is 0 Å². The lowest BCUT2D eigenvalue weighted by Gasteiger charge is -2.22. The summed E-state index contributed by atoms with van der Waals surface area (Å²) in [6, 6.07) is 15.4. The molecule has 1 saturated heterocycles. The molecule has 0 aliphatic carbocycles. The molecule has 3 aromatic heterocycles. The number of anilines is 1. The summed E-state index contributed by atoms with van der Waals surface area (Å²) in [6.07, 6.45) is 5.44. The molecule has 2 N–H and O–H groups in total. The van der Waals surface area contributed by atoms with Crippen molar-refractivity contribution in [2.45, 2.75) is 37.1 Å². The summed E-state index contributed by atoms with van der Waals surface area (Å²) in [4.78, 5) is 9.62. The van der Waals surface area contributed by atoms with E-state index < -0.39 is 22.2 Å². The molecule has 1 aliphatic rings. The molecule has 0 saturated carbocycles. The first-order chi connectivity index (χ1) is 21.3. The molecule has 44 heavy (non-hydrogen) atoms. The molecule has 11 nitrogen and oxygen atoms in total. The summed E-state index contributed by atoms with van der Waals surface area (Å²) in [5.41, 5.74) is 5.78. The SMILES string of the molecule is COc1ccc(-c2c(C)nn3c(NCc4cccc(-c5nccn5C)c4)cc(C4CCOCC4)nc23)cc1S(=O)(=O)CCO. The lowest BCUT2D eigenvalue weighted by atomic mass is 9.96. The van der Waals surface area contributed by atoms with E-state index in [2.05, 4.69) is 28.5 Å². The van der Waals surface area contributed by atoms with E-state index in [0.29, 0.717) is 36.7 Å². The number of benzene rings is 2. The van der Waals surface area contributed by atoms with Crippen LogP contribution in [-0.2, 0) is 28.2 Å². The Morgan fingerprint density at radius 1 is 1.11 bits per heavy atom. The van der Waals surface area contributed by atoms with Crippen molar-refractivity contribution < 1.29 is 23.0 Å². The molecule has 0 spiro atoms. The van der Waals surface area contributed by atoms with Crippen molar-refractivity contribution in [3.8, 4) is 28.3 Å². The third-order valence-electron chi connectivity index (χ3n) is 8.05. The molecule has 1 fully saturated rings. The second kappa shape index (κ2) is 12.4. The van der Waals surface area contributed by atoms with Crippen LogP contribution in [-0.4, -0.2) is 70.4 Å². The Bertz CT molecular complexity index is 1910. The molecule has 0 amide bonds. The quantitative estimate of drug-likeness (QED) is 0.234. The summed E-state index contributed by atoms with van der Waals surface area (Å²) >= 11 is 0. The molecule has 0 radical (unpaired) electrons. The normalized spacial score (nSPS) is 14.3. The molecule has 6 rings (SSSR count). The third-order valence-corrected chi connectivity index (χ3v) is 9.76. The van der Waals surface area contributed by atoms with Gasteiger partial charge in [-0.05, 0) is 49.1 Å². The van der Waals surface area contributed by atoms with Crippen LogP contribution in [0.2, 0.25) is 0 Å². The summed E-state index contributed by atoms with van der Waals surface area (Å²) in [7, 11) is -0.377. The first-order valence-electron chi connectivity index (χ1n) is 14.6. The highest BCUT2D eigenvalue weighted by atomic mass is 32.2. The van der Waals surface area contributed by atoms with E-state index in [1.165, 1.54) is 7.11 Å². The average Bonchev–Trinajstić information content (AvgIpc) is 3.62. The van der Waals surface area contributed by atoms with Crippen LogP contribution in [0, 0.1) is 6.92 Å². The zero-order valence-corrected chi connectivity index (χ0v) is 25.8. The van der Waals surface area contributed by atoms with Gasteiger partial charge in [0.05, 0.1) is 25.2 Å². The summed E-state index contributed by atoms with van der Waals surface area (Å²) in [5.74, 6) is 1.73. The van der Waals surface area contributed by atoms with Gasteiger partial charge >= 0.3 is 0 Å². The predicted octanol–water partition coefficient (Wildman–Crippen LogP) is 4.39. The van der Waals surface area contributed by atoms with Crippen molar-refractivity contribution in [1.29, 1.82) is 0 Å². The number of rotatable bonds is 10. The van der Waals surface area contributed by atoms with Crippen LogP contribution in [0.25, 0.3) is 28.2 Å². The van der Waals surface area contributed by atoms with Gasteiger partial charge in [0, 0.05) is 68.0 Å². The standard InChI is InChI=1S/C32H36N6O5S/c1-21-30(24-7-8-27(42-3)28(18-24)44(40,41)16-13-39)32-35-26(23-9-14-43-15-10-23)19-29(38(32)36-21)34-20-22-5-4-6-25(17-22)31-33-11-12-37(31)2/h4-8,11-12,17-19,23,34,39H,9-10,13-16,20H2,1-3H3. The molecule has 230 valence electrons. The molecule has 0 bridgehead atoms. The van der Waals surface area contributed by atoms with E-state index in [1.54, 1.807) is 22.8 Å². The third kappa shape index (κ3) is 5.80. The number of aliphatic hydroxyl groups excluding tert-OH is 1. The highest BCUT2D eigenvalue weighted by molar-refractivity contribution is 7.91. The van der Waals surface area contributed by atoms with Crippen molar-refractivity contribution in [2.24, 2.45) is 7.05 Å². The Kier molecular flexibility index (Phi) is 8.39. The zero-order chi connectivity index (χ0) is 30.8. The number of sulfone groups is 1. The van der Waals surface area contributed by atoms with Gasteiger partial charge in [-0.3, -0.25) is 0 Å². The Labute approximate surface area is 256 Å². The maximum Gasteiger partial charge on any atom is 0.184 e. The maximum atomic E-state index is 13.0. The largest absolute Gasteiger partial charge is 0.495 e. The second-order valence-electron chi connectivity index (χ2n) is 11.0. The number of nitrogens with one attached hydrogen (secondary N) is 1. The van der Waals surface area contributed by atoms with Crippen LogP contribution in [0.5, 0.6) is 5.75 Å². The smallest absolute Gasteiger partial charge is 0.184 e. The van der Waals surface area contributed by atoms with Crippen LogP contribution in [0.4, 0.5) is 5.82 Å². The Morgan fingerprint density at radius 3 is 2.66 bits per heavy atom. The first kappa shape index (κ1) is 29.8. The number of fused-ring (bicyclic) bond motifs is 1. The minimum Gasteiger partial charge on any atom is -0.495 e. The fourth-order valence-electron chi connectivity index (χ4n) is 5.77. The van der Waals surface area contributed by atoms with Crippen molar-refractivity contribution in [2.75, 3.05) is 38.0 Å². The number of methoxy groups -OCH3 is 1. The highest BCUT2D eigenvalue weighted by Crippen LogP contribution is 2.36. The van der Waals surface area contributed by atoms with Gasteiger partial charge in [0.25, 0.3) is 0 Å². The number of imidazole rings is 1. The van der Waals surface area contributed by atoms with Gasteiger partial charge in [0.1, 0.15) is 22.3 Å². The van der Waals surface area contributed by atoms with Crippen LogP contribution in [0.15, 0.2) is 65.8 Å². The summed E-state index contributed by atoms with van der Waals surface area (Å²) in [6.45, 7) is 3.31. The van der Waals surface area contributed by atoms with Gasteiger partial charge in [0.15, 0.2) is 15.5 Å². The lowest BCUT2D eigenvalue weighted by Crippen LogP contribution is -2.16. The second-order valence-corrected chi connectivity index (χ2v) is 13.1. The molecule has 0 atom stereocenters. The van der Waals surface area contributed by atoms with Gasteiger partial charge in [-0.1, -0.05) is 24.3 Å². The van der Waals surface area contributed by atoms with Crippen molar-refractivity contribution >= 4 is 21.3 Å². The maximum absolute atomic E-state index is 13.0. The number of nitrogens with zero attached hydrogens (tertiary/aromatic N) is 5. The van der Waals surface area contributed by atoms with Crippen molar-refractivity contribution in [3.63, 3.8) is 0 Å². The number of aryl methyl sites for hydroxylation is 2. The zero-order valence-electron chi connectivity index (χ0n) is 25.0. The Hall–Kier alpha value is -4.26. The first-order valence-corrected chi connectivity index (χ1v) is 16.2. The molecule has 1 aliphatic heterocycles. The molecular weight excluding hydrogens is 580 g/mol. The van der Waals surface area contributed by atoms with Gasteiger partial charge in [-0.25, -0.2) is 18.4 Å². The van der Waals surface area contributed by atoms with Crippen LogP contribution < -0.4 is 10.1 Å². The van der Waals surface area contributed by atoms with E-state index >= 15 is 0 Å². The average molecular weight is 617 g/mol. The van der Waals surface area contributed by atoms with Crippen molar-refractivity contribution in [1.82, 2.24) is 24.1 Å². The molecule has 0 unspecified atom stereocenters. The van der Waals surface area contributed by atoms with E-state index in [-0.39, 0.29) is 16.6 Å². The highest BCUT2D eigenvalue weighted by Gasteiger charge is 2.25. The Morgan fingerprint density at radius 2 is 1.93 bits per heavy atom. The molecule has 12 heteroatoms. The van der Waals surface area contributed by atoms with Gasteiger partial charge < -0.3 is 24.5 Å². The van der Waals surface area contributed by atoms with E-state index in [1.807, 2.05) is 42.9 Å². The van der Waals surface area contributed by atoms with E-state index in [9.17, 15) is 13.5 Å². The van der Waals surface area contributed by atoms with Gasteiger partial charge in [-0.15, -0.1) is 0 Å². The lowest BCUT2D eigenvalue weighted by molar-refractivity contribution is 0.0845. The summed E-state index contributed by atoms with van der Waals surface area (Å²) in [5, 5.41) is 17.8. The van der Waals surface area contributed by atoms with E-state index in [4.69, 9.17) is 19.6 Å². The molecule has 2 aromatic carbocycles. The number of hydrogen-bond acceptors (Lipinski definition) is 9. The van der Waals surface area contributed by atoms with Gasteiger partial charge in [-0.2, -0.15) is 9.61 Å². The van der Waals surface area contributed by atoms with Crippen LogP contribution in [0.3, 0.4) is 0 Å². The molecule has 4 heterocycles. The number of ether oxygens (including phenoxy) is 2. The van der Waals surface area contributed by atoms with E-state index in [0.717, 1.165) is 46.9 Å². The van der Waals surface area contributed by atoms with Crippen LogP contribution >= 0.6 is 0 Å². The molecule has 5 aromatic rings. The number of aromatic nitrogens is 5.